The molecule has 0 aliphatic carbocycles. The average molecular weight is 229 g/mol. The first kappa shape index (κ1) is 12.1. The number of amides is 1. The fourth-order valence-corrected chi connectivity index (χ4v) is 3.29. The van der Waals surface area contributed by atoms with Gasteiger partial charge in [0, 0.05) is 13.0 Å². The summed E-state index contributed by atoms with van der Waals surface area (Å²) in [5, 5.41) is 2.70. The lowest BCUT2D eigenvalue weighted by molar-refractivity contribution is -0.124. The summed E-state index contributed by atoms with van der Waals surface area (Å²) in [7, 11) is -2.97. The molecule has 0 aromatic rings. The van der Waals surface area contributed by atoms with Gasteiger partial charge in [0.1, 0.15) is 0 Å². The van der Waals surface area contributed by atoms with Gasteiger partial charge in [0.15, 0.2) is 9.84 Å². The molecule has 1 N–H and O–H groups in total. The van der Waals surface area contributed by atoms with E-state index in [4.69, 9.17) is 6.42 Å². The third-order valence-electron chi connectivity index (χ3n) is 2.40. The normalized spacial score (nSPS) is 23.3. The summed E-state index contributed by atoms with van der Waals surface area (Å²) in [6.45, 7) is 0.527. The van der Waals surface area contributed by atoms with E-state index in [9.17, 15) is 13.2 Å². The van der Waals surface area contributed by atoms with Crippen LogP contribution in [0.4, 0.5) is 0 Å². The number of nitrogens with one attached hydrogen (secondary N) is 1. The molecule has 5 heteroatoms. The zero-order chi connectivity index (χ0) is 11.3. The Morgan fingerprint density at radius 2 is 2.27 bits per heavy atom. The first-order chi connectivity index (χ1) is 7.05. The second-order valence-corrected chi connectivity index (χ2v) is 5.93. The molecule has 1 saturated heterocycles. The van der Waals surface area contributed by atoms with Crippen LogP contribution in [0.2, 0.25) is 0 Å². The smallest absolute Gasteiger partial charge is 0.224 e. The van der Waals surface area contributed by atoms with E-state index >= 15 is 0 Å². The summed E-state index contributed by atoms with van der Waals surface area (Å²) in [6.07, 6.45) is 6.87. The Morgan fingerprint density at radius 1 is 1.53 bits per heavy atom. The molecule has 1 rings (SSSR count). The van der Waals surface area contributed by atoms with E-state index in [1.54, 1.807) is 0 Å². The highest BCUT2D eigenvalue weighted by Crippen LogP contribution is 2.18. The van der Waals surface area contributed by atoms with Gasteiger partial charge in [0.05, 0.1) is 17.4 Å². The van der Waals surface area contributed by atoms with Gasteiger partial charge in [-0.25, -0.2) is 8.42 Å². The quantitative estimate of drug-likeness (QED) is 0.543. The molecule has 0 saturated carbocycles. The zero-order valence-corrected chi connectivity index (χ0v) is 9.35. The number of terminal acetylenes is 1. The molecule has 84 valence electrons. The number of hydrogen-bond acceptors (Lipinski definition) is 3. The van der Waals surface area contributed by atoms with Gasteiger partial charge in [0.2, 0.25) is 5.91 Å². The van der Waals surface area contributed by atoms with Crippen molar-refractivity contribution in [1.82, 2.24) is 5.32 Å². The summed E-state index contributed by atoms with van der Waals surface area (Å²) in [6, 6.07) is 0. The Labute approximate surface area is 90.4 Å². The number of hydrogen-bond donors (Lipinski definition) is 1. The predicted molar refractivity (Wildman–Crippen MR) is 57.8 cm³/mol. The van der Waals surface area contributed by atoms with Gasteiger partial charge in [-0.3, -0.25) is 4.79 Å². The largest absolute Gasteiger partial charge is 0.356 e. The van der Waals surface area contributed by atoms with Gasteiger partial charge >= 0.3 is 0 Å². The van der Waals surface area contributed by atoms with Crippen LogP contribution in [0.5, 0.6) is 0 Å². The standard InChI is InChI=1S/C10H15NO3S/c1-2-3-4-6-11-10(12)9-5-7-15(13,14)8-9/h1,9H,3-8H2,(H,11,12). The monoisotopic (exact) mass is 229 g/mol. The predicted octanol–water partition coefficient (Wildman–Crippen LogP) is -0.0493. The van der Waals surface area contributed by atoms with Gasteiger partial charge in [-0.15, -0.1) is 12.3 Å². The molecule has 0 bridgehead atoms. The van der Waals surface area contributed by atoms with Crippen molar-refractivity contribution in [1.29, 1.82) is 0 Å². The van der Waals surface area contributed by atoms with E-state index in [-0.39, 0.29) is 23.3 Å². The lowest BCUT2D eigenvalue weighted by Crippen LogP contribution is -2.32. The first-order valence-corrected chi connectivity index (χ1v) is 6.79. The van der Waals surface area contributed by atoms with Crippen molar-refractivity contribution in [3.8, 4) is 12.3 Å². The van der Waals surface area contributed by atoms with Crippen molar-refractivity contribution in [2.45, 2.75) is 19.3 Å². The molecule has 1 amide bonds. The van der Waals surface area contributed by atoms with E-state index < -0.39 is 9.84 Å². The van der Waals surface area contributed by atoms with Crippen molar-refractivity contribution in [2.75, 3.05) is 18.1 Å². The fourth-order valence-electron chi connectivity index (χ4n) is 1.55. The molecule has 0 radical (unpaired) electrons. The van der Waals surface area contributed by atoms with Crippen LogP contribution < -0.4 is 5.32 Å². The maximum absolute atomic E-state index is 11.5. The second kappa shape index (κ2) is 5.17. The summed E-state index contributed by atoms with van der Waals surface area (Å²) < 4.78 is 22.2. The van der Waals surface area contributed by atoms with Gasteiger partial charge in [-0.05, 0) is 12.8 Å². The molecule has 1 heterocycles. The molecule has 1 atom stereocenters. The van der Waals surface area contributed by atoms with Crippen LogP contribution in [-0.4, -0.2) is 32.4 Å². The fraction of sp³-hybridized carbons (Fsp3) is 0.700. The van der Waals surface area contributed by atoms with Crippen molar-refractivity contribution in [3.05, 3.63) is 0 Å². The molecule has 0 spiro atoms. The lowest BCUT2D eigenvalue weighted by atomic mass is 10.1. The minimum Gasteiger partial charge on any atom is -0.356 e. The lowest BCUT2D eigenvalue weighted by Gasteiger charge is -2.08. The molecule has 0 aromatic heterocycles. The maximum Gasteiger partial charge on any atom is 0.224 e. The van der Waals surface area contributed by atoms with Crippen molar-refractivity contribution >= 4 is 15.7 Å². The summed E-state index contributed by atoms with van der Waals surface area (Å²) in [5.41, 5.74) is 0. The summed E-state index contributed by atoms with van der Waals surface area (Å²) in [4.78, 5) is 11.5. The van der Waals surface area contributed by atoms with Crippen LogP contribution in [0.1, 0.15) is 19.3 Å². The van der Waals surface area contributed by atoms with Crippen LogP contribution >= 0.6 is 0 Å². The van der Waals surface area contributed by atoms with Crippen molar-refractivity contribution < 1.29 is 13.2 Å². The molecular weight excluding hydrogens is 214 g/mol. The van der Waals surface area contributed by atoms with Crippen LogP contribution in [0.25, 0.3) is 0 Å². The van der Waals surface area contributed by atoms with E-state index in [1.807, 2.05) is 0 Å². The molecule has 15 heavy (non-hydrogen) atoms. The first-order valence-electron chi connectivity index (χ1n) is 4.97. The number of sulfone groups is 1. The molecular formula is C10H15NO3S. The minimum atomic E-state index is -2.97. The summed E-state index contributed by atoms with van der Waals surface area (Å²) >= 11 is 0. The van der Waals surface area contributed by atoms with E-state index in [0.717, 1.165) is 6.42 Å². The van der Waals surface area contributed by atoms with Crippen LogP contribution in [0.3, 0.4) is 0 Å². The highest BCUT2D eigenvalue weighted by atomic mass is 32.2. The second-order valence-electron chi connectivity index (χ2n) is 3.70. The summed E-state index contributed by atoms with van der Waals surface area (Å²) in [5.74, 6) is 2.09. The van der Waals surface area contributed by atoms with Gasteiger partial charge in [0.25, 0.3) is 0 Å². The molecule has 1 fully saturated rings. The van der Waals surface area contributed by atoms with Gasteiger partial charge in [-0.2, -0.15) is 0 Å². The minimum absolute atomic E-state index is 0.00598. The molecule has 0 aromatic carbocycles. The van der Waals surface area contributed by atoms with Crippen LogP contribution in [0, 0.1) is 18.3 Å². The van der Waals surface area contributed by atoms with Crippen molar-refractivity contribution in [2.24, 2.45) is 5.92 Å². The Hall–Kier alpha value is -1.02. The molecule has 1 aliphatic heterocycles. The third kappa shape index (κ3) is 3.92. The third-order valence-corrected chi connectivity index (χ3v) is 4.17. The number of unbranched alkanes of at least 4 members (excludes halogenated alkanes) is 1. The number of carbonyl (C=O) groups is 1. The Balaban J connectivity index is 2.28. The Morgan fingerprint density at radius 3 is 2.80 bits per heavy atom. The topological polar surface area (TPSA) is 63.2 Å². The maximum atomic E-state index is 11.5. The van der Waals surface area contributed by atoms with E-state index in [0.29, 0.717) is 19.4 Å². The number of carbonyl (C=O) groups excluding carboxylic acids is 1. The Kier molecular flexibility index (Phi) is 4.15. The average Bonchev–Trinajstić information content (AvgIpc) is 2.53. The molecule has 4 nitrogen and oxygen atoms in total. The highest BCUT2D eigenvalue weighted by molar-refractivity contribution is 7.91. The van der Waals surface area contributed by atoms with Crippen LogP contribution in [-0.2, 0) is 14.6 Å². The van der Waals surface area contributed by atoms with Gasteiger partial charge in [-0.1, -0.05) is 0 Å². The number of rotatable bonds is 4. The molecule has 1 unspecified atom stereocenters. The molecule has 1 aliphatic rings. The van der Waals surface area contributed by atoms with E-state index in [1.165, 1.54) is 0 Å². The van der Waals surface area contributed by atoms with Crippen molar-refractivity contribution in [3.63, 3.8) is 0 Å². The van der Waals surface area contributed by atoms with Gasteiger partial charge < -0.3 is 5.32 Å². The zero-order valence-electron chi connectivity index (χ0n) is 8.53. The Bertz CT molecular complexity index is 367. The highest BCUT2D eigenvalue weighted by Gasteiger charge is 2.32. The van der Waals surface area contributed by atoms with E-state index in [2.05, 4.69) is 11.2 Å². The van der Waals surface area contributed by atoms with Crippen LogP contribution in [0.15, 0.2) is 0 Å². The SMILES string of the molecule is C#CCCCNC(=O)C1CCS(=O)(=O)C1.